The highest BCUT2D eigenvalue weighted by Crippen LogP contribution is 2.36. The van der Waals surface area contributed by atoms with E-state index in [4.69, 9.17) is 4.74 Å². The van der Waals surface area contributed by atoms with Gasteiger partial charge in [0.25, 0.3) is 0 Å². The molecule has 2 saturated carbocycles. The van der Waals surface area contributed by atoms with Gasteiger partial charge < -0.3 is 10.1 Å². The fraction of sp³-hybridized carbons (Fsp3) is 1.00. The molecule has 2 aliphatic carbocycles. The van der Waals surface area contributed by atoms with Crippen LogP contribution in [0.25, 0.3) is 0 Å². The predicted molar refractivity (Wildman–Crippen MR) is 67.6 cm³/mol. The van der Waals surface area contributed by atoms with Gasteiger partial charge in [-0.3, -0.25) is 0 Å². The molecule has 0 radical (unpaired) electrons. The van der Waals surface area contributed by atoms with Gasteiger partial charge >= 0.3 is 0 Å². The third-order valence-electron chi connectivity index (χ3n) is 3.78. The van der Waals surface area contributed by atoms with Crippen LogP contribution in [-0.2, 0) is 4.74 Å². The number of nitrogens with one attached hydrogen (secondary N) is 1. The molecule has 0 amide bonds. The van der Waals surface area contributed by atoms with Crippen molar-refractivity contribution in [1.82, 2.24) is 5.32 Å². The fourth-order valence-corrected chi connectivity index (χ4v) is 2.40. The molecule has 0 unspecified atom stereocenters. The summed E-state index contributed by atoms with van der Waals surface area (Å²) in [6.07, 6.45) is 7.98. The van der Waals surface area contributed by atoms with Crippen LogP contribution in [0.2, 0.25) is 0 Å². The first-order valence-corrected chi connectivity index (χ1v) is 6.88. The molecule has 0 aromatic heterocycles. The summed E-state index contributed by atoms with van der Waals surface area (Å²) in [7, 11) is 0. The lowest BCUT2D eigenvalue weighted by molar-refractivity contribution is -0.0475. The van der Waals surface area contributed by atoms with E-state index in [1.165, 1.54) is 38.5 Å². The van der Waals surface area contributed by atoms with E-state index in [9.17, 15) is 0 Å². The van der Waals surface area contributed by atoms with Gasteiger partial charge in [0, 0.05) is 12.1 Å². The summed E-state index contributed by atoms with van der Waals surface area (Å²) < 4.78 is 6.25. The van der Waals surface area contributed by atoms with Crippen molar-refractivity contribution in [3.63, 3.8) is 0 Å². The van der Waals surface area contributed by atoms with E-state index < -0.39 is 0 Å². The van der Waals surface area contributed by atoms with Crippen LogP contribution in [0.4, 0.5) is 0 Å². The Morgan fingerprint density at radius 3 is 2.31 bits per heavy atom. The molecule has 94 valence electrons. The van der Waals surface area contributed by atoms with Gasteiger partial charge in [0.2, 0.25) is 0 Å². The Bertz CT molecular complexity index is 221. The quantitative estimate of drug-likeness (QED) is 0.776. The zero-order valence-corrected chi connectivity index (χ0v) is 11.1. The van der Waals surface area contributed by atoms with Gasteiger partial charge in [-0.1, -0.05) is 12.8 Å². The Morgan fingerprint density at radius 1 is 1.19 bits per heavy atom. The molecule has 0 aliphatic heterocycles. The molecule has 2 heteroatoms. The van der Waals surface area contributed by atoms with Crippen molar-refractivity contribution in [1.29, 1.82) is 0 Å². The second-order valence-corrected chi connectivity index (χ2v) is 6.75. The number of hydrogen-bond donors (Lipinski definition) is 1. The van der Waals surface area contributed by atoms with Crippen molar-refractivity contribution in [2.24, 2.45) is 5.92 Å². The standard InChI is InChI=1S/C14H27NO/c1-13(2,3)15-11-14(8-4-5-9-14)16-10-12-6-7-12/h12,15H,4-11H2,1-3H3. The van der Waals surface area contributed by atoms with Crippen LogP contribution in [0.3, 0.4) is 0 Å². The zero-order chi connectivity index (χ0) is 11.6. The SMILES string of the molecule is CC(C)(C)NCC1(OCC2CC2)CCCC1. The first-order valence-electron chi connectivity index (χ1n) is 6.88. The Kier molecular flexibility index (Phi) is 3.60. The summed E-state index contributed by atoms with van der Waals surface area (Å²) in [5, 5.41) is 3.62. The maximum absolute atomic E-state index is 6.25. The van der Waals surface area contributed by atoms with Gasteiger partial charge in [0.15, 0.2) is 0 Å². The van der Waals surface area contributed by atoms with E-state index in [1.54, 1.807) is 0 Å². The normalized spacial score (nSPS) is 24.9. The lowest BCUT2D eigenvalue weighted by Crippen LogP contribution is -2.48. The number of ether oxygens (including phenoxy) is 1. The van der Waals surface area contributed by atoms with Gasteiger partial charge in [-0.05, 0) is 52.4 Å². The summed E-state index contributed by atoms with van der Waals surface area (Å²) in [6, 6.07) is 0. The molecule has 16 heavy (non-hydrogen) atoms. The van der Waals surface area contributed by atoms with Gasteiger partial charge in [-0.15, -0.1) is 0 Å². The Balaban J connectivity index is 1.81. The molecule has 2 rings (SSSR count). The summed E-state index contributed by atoms with van der Waals surface area (Å²) in [5.41, 5.74) is 0.369. The van der Waals surface area contributed by atoms with Crippen LogP contribution < -0.4 is 5.32 Å². The van der Waals surface area contributed by atoms with Gasteiger partial charge in [0.05, 0.1) is 12.2 Å². The van der Waals surface area contributed by atoms with Crippen LogP contribution in [0.15, 0.2) is 0 Å². The lowest BCUT2D eigenvalue weighted by Gasteiger charge is -2.33. The maximum Gasteiger partial charge on any atom is 0.0806 e. The van der Waals surface area contributed by atoms with Crippen LogP contribution in [0.1, 0.15) is 59.3 Å². The molecule has 0 atom stereocenters. The van der Waals surface area contributed by atoms with Crippen molar-refractivity contribution in [2.75, 3.05) is 13.2 Å². The molecule has 1 N–H and O–H groups in total. The molecule has 0 heterocycles. The highest BCUT2D eigenvalue weighted by Gasteiger charge is 2.37. The predicted octanol–water partition coefficient (Wildman–Crippen LogP) is 3.11. The highest BCUT2D eigenvalue weighted by molar-refractivity contribution is 4.91. The maximum atomic E-state index is 6.25. The van der Waals surface area contributed by atoms with E-state index in [2.05, 4.69) is 26.1 Å². The molecule has 2 aliphatic rings. The van der Waals surface area contributed by atoms with Crippen LogP contribution in [0, 0.1) is 5.92 Å². The third kappa shape index (κ3) is 3.74. The monoisotopic (exact) mass is 225 g/mol. The minimum atomic E-state index is 0.163. The Morgan fingerprint density at radius 2 is 1.81 bits per heavy atom. The topological polar surface area (TPSA) is 21.3 Å². The second-order valence-electron chi connectivity index (χ2n) is 6.75. The average molecular weight is 225 g/mol. The minimum absolute atomic E-state index is 0.163. The minimum Gasteiger partial charge on any atom is -0.373 e. The molecule has 0 aromatic rings. The second kappa shape index (κ2) is 4.66. The van der Waals surface area contributed by atoms with Crippen molar-refractivity contribution in [3.05, 3.63) is 0 Å². The first-order chi connectivity index (χ1) is 7.49. The summed E-state index contributed by atoms with van der Waals surface area (Å²) in [5.74, 6) is 0.882. The Hall–Kier alpha value is -0.0800. The Labute approximate surface area is 100 Å². The molecule has 0 spiro atoms. The van der Waals surface area contributed by atoms with Crippen LogP contribution in [0.5, 0.6) is 0 Å². The van der Waals surface area contributed by atoms with Crippen LogP contribution >= 0.6 is 0 Å². The average Bonchev–Trinajstić information content (AvgIpc) is 2.91. The van der Waals surface area contributed by atoms with Crippen LogP contribution in [-0.4, -0.2) is 24.3 Å². The molecule has 2 nitrogen and oxygen atoms in total. The number of hydrogen-bond acceptors (Lipinski definition) is 2. The van der Waals surface area contributed by atoms with E-state index in [0.29, 0.717) is 0 Å². The van der Waals surface area contributed by atoms with Gasteiger partial charge in [-0.25, -0.2) is 0 Å². The van der Waals surface area contributed by atoms with Gasteiger partial charge in [-0.2, -0.15) is 0 Å². The first kappa shape index (κ1) is 12.4. The molecule has 2 fully saturated rings. The molecule has 0 aromatic carbocycles. The summed E-state index contributed by atoms with van der Waals surface area (Å²) in [4.78, 5) is 0. The van der Waals surface area contributed by atoms with E-state index >= 15 is 0 Å². The third-order valence-corrected chi connectivity index (χ3v) is 3.78. The number of rotatable bonds is 5. The van der Waals surface area contributed by atoms with Crippen molar-refractivity contribution < 1.29 is 4.74 Å². The zero-order valence-electron chi connectivity index (χ0n) is 11.1. The van der Waals surface area contributed by atoms with Crippen molar-refractivity contribution >= 4 is 0 Å². The molecular formula is C14H27NO. The molecular weight excluding hydrogens is 198 g/mol. The van der Waals surface area contributed by atoms with E-state index in [0.717, 1.165) is 19.1 Å². The summed E-state index contributed by atoms with van der Waals surface area (Å²) in [6.45, 7) is 8.73. The van der Waals surface area contributed by atoms with Crippen molar-refractivity contribution in [2.45, 2.75) is 70.4 Å². The largest absolute Gasteiger partial charge is 0.373 e. The van der Waals surface area contributed by atoms with E-state index in [1.807, 2.05) is 0 Å². The van der Waals surface area contributed by atoms with Gasteiger partial charge in [0.1, 0.15) is 0 Å². The lowest BCUT2D eigenvalue weighted by atomic mass is 9.99. The smallest absolute Gasteiger partial charge is 0.0806 e. The molecule has 0 bridgehead atoms. The van der Waals surface area contributed by atoms with E-state index in [-0.39, 0.29) is 11.1 Å². The highest BCUT2D eigenvalue weighted by atomic mass is 16.5. The fourth-order valence-electron chi connectivity index (χ4n) is 2.40. The summed E-state index contributed by atoms with van der Waals surface area (Å²) >= 11 is 0. The molecule has 0 saturated heterocycles. The van der Waals surface area contributed by atoms with Crippen molar-refractivity contribution in [3.8, 4) is 0 Å².